The van der Waals surface area contributed by atoms with Crippen molar-refractivity contribution in [1.29, 1.82) is 0 Å². The van der Waals surface area contributed by atoms with Crippen LogP contribution in [0.3, 0.4) is 0 Å². The minimum absolute atomic E-state index is 0.307. The Morgan fingerprint density at radius 2 is 2.42 bits per heavy atom. The first-order valence-corrected chi connectivity index (χ1v) is 3.00. The van der Waals surface area contributed by atoms with Crippen molar-refractivity contribution in [2.24, 2.45) is 5.84 Å². The SMILES string of the molecule is NNC(=O)c1ncc(F)cc1O. The third-order valence-corrected chi connectivity index (χ3v) is 1.18. The minimum Gasteiger partial charge on any atom is -0.505 e. The second kappa shape index (κ2) is 3.14. The molecule has 1 heterocycles. The Kier molecular flexibility index (Phi) is 2.20. The molecule has 0 aliphatic heterocycles. The summed E-state index contributed by atoms with van der Waals surface area (Å²) in [5.41, 5.74) is 1.45. The van der Waals surface area contributed by atoms with Gasteiger partial charge in [-0.1, -0.05) is 0 Å². The van der Waals surface area contributed by atoms with Gasteiger partial charge in [-0.3, -0.25) is 10.2 Å². The summed E-state index contributed by atoms with van der Waals surface area (Å²) in [6.45, 7) is 0. The second-order valence-electron chi connectivity index (χ2n) is 1.99. The average molecular weight is 171 g/mol. The fraction of sp³-hybridized carbons (Fsp3) is 0. The molecular weight excluding hydrogens is 165 g/mol. The quantitative estimate of drug-likeness (QED) is 0.303. The molecule has 12 heavy (non-hydrogen) atoms. The molecule has 0 saturated heterocycles. The molecule has 0 atom stereocenters. The summed E-state index contributed by atoms with van der Waals surface area (Å²) in [5.74, 6) is 2.73. The van der Waals surface area contributed by atoms with E-state index in [-0.39, 0.29) is 5.69 Å². The molecule has 1 aromatic rings. The van der Waals surface area contributed by atoms with E-state index in [0.29, 0.717) is 0 Å². The largest absolute Gasteiger partial charge is 0.505 e. The molecule has 0 fully saturated rings. The van der Waals surface area contributed by atoms with Gasteiger partial charge in [0.05, 0.1) is 6.20 Å². The molecule has 0 spiro atoms. The standard InChI is InChI=1S/C6H6FN3O2/c7-3-1-4(11)5(9-2-3)6(12)10-8/h1-2,11H,8H2,(H,10,12). The molecule has 4 N–H and O–H groups in total. The number of hydrogen-bond donors (Lipinski definition) is 3. The number of nitrogens with two attached hydrogens (primary N) is 1. The maximum atomic E-state index is 12.3. The Morgan fingerprint density at radius 1 is 1.75 bits per heavy atom. The van der Waals surface area contributed by atoms with Crippen LogP contribution in [0.5, 0.6) is 5.75 Å². The van der Waals surface area contributed by atoms with Gasteiger partial charge in [0.15, 0.2) is 5.69 Å². The summed E-state index contributed by atoms with van der Waals surface area (Å²) in [6.07, 6.45) is 0.810. The van der Waals surface area contributed by atoms with Gasteiger partial charge in [0.25, 0.3) is 5.91 Å². The lowest BCUT2D eigenvalue weighted by atomic mass is 10.3. The molecule has 5 nitrogen and oxygen atoms in total. The van der Waals surface area contributed by atoms with E-state index >= 15 is 0 Å². The predicted molar refractivity (Wildman–Crippen MR) is 37.5 cm³/mol. The lowest BCUT2D eigenvalue weighted by molar-refractivity contribution is 0.0945. The van der Waals surface area contributed by atoms with Crippen LogP contribution in [0.2, 0.25) is 0 Å². The van der Waals surface area contributed by atoms with Crippen LogP contribution in [0.25, 0.3) is 0 Å². The number of nitrogen functional groups attached to an aromatic ring is 1. The smallest absolute Gasteiger partial charge is 0.287 e. The first-order chi connectivity index (χ1) is 5.65. The number of nitrogens with one attached hydrogen (secondary N) is 1. The molecule has 0 unspecified atom stereocenters. The Labute approximate surface area is 67.0 Å². The maximum absolute atomic E-state index is 12.3. The van der Waals surface area contributed by atoms with Crippen molar-refractivity contribution in [3.63, 3.8) is 0 Å². The van der Waals surface area contributed by atoms with Crippen molar-refractivity contribution in [1.82, 2.24) is 10.4 Å². The fourth-order valence-corrected chi connectivity index (χ4v) is 0.672. The molecule has 64 valence electrons. The maximum Gasteiger partial charge on any atom is 0.287 e. The van der Waals surface area contributed by atoms with Gasteiger partial charge in [-0.15, -0.1) is 0 Å². The van der Waals surface area contributed by atoms with Crippen molar-refractivity contribution in [3.05, 3.63) is 23.8 Å². The molecular formula is C6H6FN3O2. The third kappa shape index (κ3) is 1.48. The molecule has 0 saturated carbocycles. The summed E-state index contributed by atoms with van der Waals surface area (Å²) in [5, 5.41) is 8.97. The normalized spacial score (nSPS) is 9.50. The van der Waals surface area contributed by atoms with Gasteiger partial charge in [0, 0.05) is 6.07 Å². The second-order valence-corrected chi connectivity index (χ2v) is 1.99. The number of amides is 1. The molecule has 0 bridgehead atoms. The molecule has 0 aliphatic carbocycles. The van der Waals surface area contributed by atoms with Crippen LogP contribution in [0.15, 0.2) is 12.3 Å². The zero-order valence-electron chi connectivity index (χ0n) is 5.91. The van der Waals surface area contributed by atoms with Crippen LogP contribution in [0.4, 0.5) is 4.39 Å². The number of halogens is 1. The molecule has 1 amide bonds. The lowest BCUT2D eigenvalue weighted by Crippen LogP contribution is -2.30. The van der Waals surface area contributed by atoms with Gasteiger partial charge in [-0.25, -0.2) is 15.2 Å². The van der Waals surface area contributed by atoms with E-state index in [1.807, 2.05) is 0 Å². The monoisotopic (exact) mass is 171 g/mol. The average Bonchev–Trinajstić information content (AvgIpc) is 2.03. The van der Waals surface area contributed by atoms with E-state index in [2.05, 4.69) is 4.98 Å². The molecule has 0 aliphatic rings. The van der Waals surface area contributed by atoms with Gasteiger partial charge in [0.2, 0.25) is 0 Å². The van der Waals surface area contributed by atoms with E-state index in [1.54, 1.807) is 5.43 Å². The Hall–Kier alpha value is -1.69. The first kappa shape index (κ1) is 8.41. The zero-order chi connectivity index (χ0) is 9.14. The highest BCUT2D eigenvalue weighted by Gasteiger charge is 2.11. The highest BCUT2D eigenvalue weighted by atomic mass is 19.1. The number of pyridine rings is 1. The molecule has 6 heteroatoms. The molecule has 1 rings (SSSR count). The Balaban J connectivity index is 3.09. The van der Waals surface area contributed by atoms with Gasteiger partial charge >= 0.3 is 0 Å². The van der Waals surface area contributed by atoms with Crippen LogP contribution in [0.1, 0.15) is 10.5 Å². The van der Waals surface area contributed by atoms with Crippen molar-refractivity contribution in [2.75, 3.05) is 0 Å². The van der Waals surface area contributed by atoms with E-state index in [1.165, 1.54) is 0 Å². The van der Waals surface area contributed by atoms with Crippen LogP contribution < -0.4 is 11.3 Å². The van der Waals surface area contributed by atoms with E-state index in [0.717, 1.165) is 12.3 Å². The molecule has 1 aromatic heterocycles. The lowest BCUT2D eigenvalue weighted by Gasteiger charge is -2.00. The van der Waals surface area contributed by atoms with Crippen molar-refractivity contribution in [3.8, 4) is 5.75 Å². The van der Waals surface area contributed by atoms with Gasteiger partial charge in [-0.05, 0) is 0 Å². The topological polar surface area (TPSA) is 88.2 Å². The highest BCUT2D eigenvalue weighted by Crippen LogP contribution is 2.14. The molecule has 0 aromatic carbocycles. The summed E-state index contributed by atoms with van der Waals surface area (Å²) in [6, 6.07) is 0.775. The van der Waals surface area contributed by atoms with Crippen LogP contribution in [-0.4, -0.2) is 16.0 Å². The fourth-order valence-electron chi connectivity index (χ4n) is 0.672. The van der Waals surface area contributed by atoms with Crippen molar-refractivity contribution in [2.45, 2.75) is 0 Å². The number of aromatic nitrogens is 1. The van der Waals surface area contributed by atoms with Gasteiger partial charge in [-0.2, -0.15) is 0 Å². The Bertz CT molecular complexity index is 316. The van der Waals surface area contributed by atoms with Gasteiger partial charge in [0.1, 0.15) is 11.6 Å². The Morgan fingerprint density at radius 3 is 2.92 bits per heavy atom. The van der Waals surface area contributed by atoms with Gasteiger partial charge < -0.3 is 5.11 Å². The zero-order valence-corrected chi connectivity index (χ0v) is 5.91. The minimum atomic E-state index is -0.771. The summed E-state index contributed by atoms with van der Waals surface area (Å²) in [4.78, 5) is 14.1. The van der Waals surface area contributed by atoms with Crippen LogP contribution >= 0.6 is 0 Å². The first-order valence-electron chi connectivity index (χ1n) is 3.00. The van der Waals surface area contributed by atoms with Crippen LogP contribution in [0, 0.1) is 5.82 Å². The van der Waals surface area contributed by atoms with E-state index in [9.17, 15) is 9.18 Å². The third-order valence-electron chi connectivity index (χ3n) is 1.18. The number of carbonyl (C=O) groups is 1. The number of hydrogen-bond acceptors (Lipinski definition) is 4. The number of carbonyl (C=O) groups excluding carboxylic acids is 1. The number of aromatic hydroxyl groups is 1. The van der Waals surface area contributed by atoms with Crippen LogP contribution in [-0.2, 0) is 0 Å². The summed E-state index contributed by atoms with van der Waals surface area (Å²) >= 11 is 0. The summed E-state index contributed by atoms with van der Waals surface area (Å²) < 4.78 is 12.3. The van der Waals surface area contributed by atoms with E-state index < -0.39 is 17.5 Å². The number of hydrazine groups is 1. The van der Waals surface area contributed by atoms with E-state index in [4.69, 9.17) is 10.9 Å². The molecule has 0 radical (unpaired) electrons. The number of rotatable bonds is 1. The van der Waals surface area contributed by atoms with Crippen molar-refractivity contribution < 1.29 is 14.3 Å². The van der Waals surface area contributed by atoms with Crippen molar-refractivity contribution >= 4 is 5.91 Å². The highest BCUT2D eigenvalue weighted by molar-refractivity contribution is 5.94. The summed E-state index contributed by atoms with van der Waals surface area (Å²) in [7, 11) is 0. The number of nitrogens with zero attached hydrogens (tertiary/aromatic N) is 1. The predicted octanol–water partition coefficient (Wildman–Crippen LogP) is -0.470.